The van der Waals surface area contributed by atoms with Crippen LogP contribution in [0.25, 0.3) is 112 Å². The van der Waals surface area contributed by atoms with Crippen LogP contribution in [0.1, 0.15) is 0 Å². The fraction of sp³-hybridized carbons (Fsp3) is 0. The molecule has 0 radical (unpaired) electrons. The first-order chi connectivity index (χ1) is 30.7. The molecule has 0 aliphatic carbocycles. The topological polar surface area (TPSA) is 51.6 Å². The van der Waals surface area contributed by atoms with Crippen LogP contribution in [-0.4, -0.2) is 19.9 Å². The van der Waals surface area contributed by atoms with Crippen molar-refractivity contribution in [2.45, 2.75) is 0 Å². The molecule has 4 nitrogen and oxygen atoms in total. The summed E-state index contributed by atoms with van der Waals surface area (Å²) in [5.74, 6) is 0.691. The summed E-state index contributed by atoms with van der Waals surface area (Å²) in [6.45, 7) is 0. The van der Waals surface area contributed by atoms with E-state index in [-0.39, 0.29) is 0 Å². The predicted molar refractivity (Wildman–Crippen MR) is 256 cm³/mol. The Bertz CT molecular complexity index is 3350. The lowest BCUT2D eigenvalue weighted by molar-refractivity contribution is 1.18. The average molecular weight is 791 g/mol. The number of nitrogens with zero attached hydrogens (tertiary/aromatic N) is 4. The first-order valence-electron chi connectivity index (χ1n) is 20.9. The molecule has 4 heteroatoms. The number of benzene rings is 8. The standard InChI is InChI=1S/C58H38N4/c1-5-14-39(15-6-1)40-26-30-47(31-27-40)58-61-54(44-20-11-4-12-21-44)38-55(62-58)45-28-24-41(25-29-45)48-22-13-23-49(36-48)52-35-33-46-32-34-50-51(42-16-7-2-8-17-42)37-53(43-18-9-3-10-19-43)60-57(50)56(46)59-52/h1-38H. The molecule has 0 spiro atoms. The molecular weight excluding hydrogens is 753 g/mol. The van der Waals surface area contributed by atoms with Crippen LogP contribution in [0.15, 0.2) is 231 Å². The Morgan fingerprint density at radius 1 is 0.226 bits per heavy atom. The van der Waals surface area contributed by atoms with Gasteiger partial charge in [-0.3, -0.25) is 0 Å². The molecule has 0 N–H and O–H groups in total. The number of pyridine rings is 2. The second-order valence-electron chi connectivity index (χ2n) is 15.4. The molecule has 0 aliphatic rings. The van der Waals surface area contributed by atoms with Crippen LogP contribution >= 0.6 is 0 Å². The minimum Gasteiger partial charge on any atom is -0.245 e. The van der Waals surface area contributed by atoms with Crippen LogP contribution < -0.4 is 0 Å². The third-order valence-electron chi connectivity index (χ3n) is 11.5. The first-order valence-corrected chi connectivity index (χ1v) is 20.9. The molecule has 11 rings (SSSR count). The van der Waals surface area contributed by atoms with Crippen molar-refractivity contribution in [3.8, 4) is 89.8 Å². The minimum absolute atomic E-state index is 0.691. The lowest BCUT2D eigenvalue weighted by Crippen LogP contribution is -1.96. The smallest absolute Gasteiger partial charge is 0.160 e. The Labute approximate surface area is 360 Å². The van der Waals surface area contributed by atoms with Crippen molar-refractivity contribution in [2.24, 2.45) is 0 Å². The van der Waals surface area contributed by atoms with E-state index in [4.69, 9.17) is 19.9 Å². The van der Waals surface area contributed by atoms with Gasteiger partial charge in [0.25, 0.3) is 0 Å². The Kier molecular flexibility index (Phi) is 9.49. The van der Waals surface area contributed by atoms with E-state index in [1.807, 2.05) is 30.3 Å². The number of hydrogen-bond acceptors (Lipinski definition) is 4. The third-order valence-corrected chi connectivity index (χ3v) is 11.5. The van der Waals surface area contributed by atoms with Crippen molar-refractivity contribution in [1.29, 1.82) is 0 Å². The van der Waals surface area contributed by atoms with E-state index in [0.29, 0.717) is 5.82 Å². The summed E-state index contributed by atoms with van der Waals surface area (Å²) < 4.78 is 0. The molecular formula is C58H38N4. The van der Waals surface area contributed by atoms with Gasteiger partial charge in [-0.15, -0.1) is 0 Å². The van der Waals surface area contributed by atoms with Gasteiger partial charge in [0, 0.05) is 38.6 Å². The van der Waals surface area contributed by atoms with Gasteiger partial charge in [-0.2, -0.15) is 0 Å². The zero-order chi connectivity index (χ0) is 41.2. The molecule has 0 aliphatic heterocycles. The highest BCUT2D eigenvalue weighted by molar-refractivity contribution is 6.09. The molecule has 0 saturated carbocycles. The summed E-state index contributed by atoms with van der Waals surface area (Å²) in [6.07, 6.45) is 0. The highest BCUT2D eigenvalue weighted by atomic mass is 14.9. The number of hydrogen-bond donors (Lipinski definition) is 0. The average Bonchev–Trinajstić information content (AvgIpc) is 3.37. The zero-order valence-corrected chi connectivity index (χ0v) is 33.7. The van der Waals surface area contributed by atoms with Gasteiger partial charge in [-0.05, 0) is 57.6 Å². The van der Waals surface area contributed by atoms with Crippen molar-refractivity contribution in [3.63, 3.8) is 0 Å². The van der Waals surface area contributed by atoms with Gasteiger partial charge in [0.15, 0.2) is 5.82 Å². The van der Waals surface area contributed by atoms with Crippen LogP contribution in [0, 0.1) is 0 Å². The molecule has 0 bridgehead atoms. The van der Waals surface area contributed by atoms with Gasteiger partial charge in [0.05, 0.1) is 33.8 Å². The maximum absolute atomic E-state index is 5.34. The molecule has 0 fully saturated rings. The number of fused-ring (bicyclic) bond motifs is 3. The van der Waals surface area contributed by atoms with E-state index < -0.39 is 0 Å². The second-order valence-corrected chi connectivity index (χ2v) is 15.4. The SMILES string of the molecule is c1ccc(-c2ccc(-c3nc(-c4ccccc4)cc(-c4ccc(-c5cccc(-c6ccc7ccc8c(-c9ccccc9)cc(-c9ccccc9)nc8c7n6)c5)cc4)n3)cc2)cc1. The maximum Gasteiger partial charge on any atom is 0.160 e. The van der Waals surface area contributed by atoms with Crippen LogP contribution in [0.3, 0.4) is 0 Å². The van der Waals surface area contributed by atoms with Gasteiger partial charge in [-0.1, -0.05) is 206 Å². The highest BCUT2D eigenvalue weighted by Gasteiger charge is 2.15. The molecule has 11 aromatic rings. The van der Waals surface area contributed by atoms with E-state index in [0.717, 1.165) is 100 Å². The fourth-order valence-corrected chi connectivity index (χ4v) is 8.26. The first kappa shape index (κ1) is 36.7. The quantitative estimate of drug-likeness (QED) is 0.144. The van der Waals surface area contributed by atoms with E-state index in [1.165, 1.54) is 5.56 Å². The third kappa shape index (κ3) is 7.20. The largest absolute Gasteiger partial charge is 0.245 e. The lowest BCUT2D eigenvalue weighted by Gasteiger charge is -2.13. The number of rotatable bonds is 8. The van der Waals surface area contributed by atoms with E-state index in [1.54, 1.807) is 0 Å². The van der Waals surface area contributed by atoms with Gasteiger partial charge in [0.1, 0.15) is 0 Å². The van der Waals surface area contributed by atoms with E-state index in [9.17, 15) is 0 Å². The Morgan fingerprint density at radius 3 is 1.29 bits per heavy atom. The van der Waals surface area contributed by atoms with Gasteiger partial charge in [-0.25, -0.2) is 19.9 Å². The summed E-state index contributed by atoms with van der Waals surface area (Å²) in [5.41, 5.74) is 17.3. The van der Waals surface area contributed by atoms with E-state index >= 15 is 0 Å². The molecule has 0 saturated heterocycles. The summed E-state index contributed by atoms with van der Waals surface area (Å²) >= 11 is 0. The van der Waals surface area contributed by atoms with Gasteiger partial charge in [0.2, 0.25) is 0 Å². The Morgan fingerprint density at radius 2 is 0.661 bits per heavy atom. The van der Waals surface area contributed by atoms with Crippen molar-refractivity contribution in [2.75, 3.05) is 0 Å². The molecule has 62 heavy (non-hydrogen) atoms. The molecule has 0 atom stereocenters. The van der Waals surface area contributed by atoms with Gasteiger partial charge < -0.3 is 0 Å². The normalized spacial score (nSPS) is 11.2. The van der Waals surface area contributed by atoms with Crippen LogP contribution in [0.5, 0.6) is 0 Å². The predicted octanol–water partition coefficient (Wildman–Crippen LogP) is 14.9. The van der Waals surface area contributed by atoms with E-state index in [2.05, 4.69) is 200 Å². The molecule has 3 heterocycles. The zero-order valence-electron chi connectivity index (χ0n) is 33.7. The van der Waals surface area contributed by atoms with Gasteiger partial charge >= 0.3 is 0 Å². The fourth-order valence-electron chi connectivity index (χ4n) is 8.26. The summed E-state index contributed by atoms with van der Waals surface area (Å²) in [6, 6.07) is 80.4. The van der Waals surface area contributed by atoms with Crippen LogP contribution in [-0.2, 0) is 0 Å². The summed E-state index contributed by atoms with van der Waals surface area (Å²) in [5, 5.41) is 2.13. The van der Waals surface area contributed by atoms with Crippen molar-refractivity contribution in [3.05, 3.63) is 231 Å². The van der Waals surface area contributed by atoms with Crippen LogP contribution in [0.4, 0.5) is 0 Å². The molecule has 8 aromatic carbocycles. The molecule has 3 aromatic heterocycles. The summed E-state index contributed by atoms with van der Waals surface area (Å²) in [4.78, 5) is 20.8. The van der Waals surface area contributed by atoms with Crippen LogP contribution in [0.2, 0.25) is 0 Å². The minimum atomic E-state index is 0.691. The number of aromatic nitrogens is 4. The van der Waals surface area contributed by atoms with Crippen molar-refractivity contribution < 1.29 is 0 Å². The van der Waals surface area contributed by atoms with Crippen molar-refractivity contribution >= 4 is 21.8 Å². The highest BCUT2D eigenvalue weighted by Crippen LogP contribution is 2.37. The van der Waals surface area contributed by atoms with Crippen molar-refractivity contribution in [1.82, 2.24) is 19.9 Å². The maximum atomic E-state index is 5.34. The second kappa shape index (κ2) is 16.0. The Hall–Kier alpha value is -8.34. The molecule has 0 unspecified atom stereocenters. The monoisotopic (exact) mass is 790 g/mol. The molecule has 0 amide bonds. The lowest BCUT2D eigenvalue weighted by atomic mass is 9.96. The Balaban J connectivity index is 0.946. The summed E-state index contributed by atoms with van der Waals surface area (Å²) in [7, 11) is 0. The molecule has 290 valence electrons.